The fourth-order valence-electron chi connectivity index (χ4n) is 2.31. The van der Waals surface area contributed by atoms with Gasteiger partial charge in [0.25, 0.3) is 0 Å². The molecule has 0 aromatic heterocycles. The van der Waals surface area contributed by atoms with Crippen molar-refractivity contribution in [1.82, 2.24) is 4.90 Å². The number of carbonyl (C=O) groups excluding carboxylic acids is 2. The molecular weight excluding hydrogens is 298 g/mol. The number of ether oxygens (including phenoxy) is 3. The predicted octanol–water partition coefficient (Wildman–Crippen LogP) is 3.68. The maximum atomic E-state index is 12.4. The van der Waals surface area contributed by atoms with Crippen molar-refractivity contribution in [3.63, 3.8) is 0 Å². The number of hydrogen-bond donors (Lipinski definition) is 0. The Labute approximate surface area is 135 Å². The zero-order valence-corrected chi connectivity index (χ0v) is 13.7. The van der Waals surface area contributed by atoms with Crippen LogP contribution in [0.3, 0.4) is 0 Å². The molecule has 1 aliphatic heterocycles. The highest BCUT2D eigenvalue weighted by Gasteiger charge is 2.46. The van der Waals surface area contributed by atoms with Crippen molar-refractivity contribution in [3.05, 3.63) is 42.5 Å². The number of rotatable bonds is 3. The molecular formula is C17H21NO5. The zero-order valence-electron chi connectivity index (χ0n) is 13.7. The minimum Gasteiger partial charge on any atom is -0.497 e. The molecule has 6 heteroatoms. The van der Waals surface area contributed by atoms with Gasteiger partial charge in [-0.1, -0.05) is 18.7 Å². The van der Waals surface area contributed by atoms with E-state index in [0.717, 1.165) is 10.5 Å². The third-order valence-corrected chi connectivity index (χ3v) is 3.30. The van der Waals surface area contributed by atoms with E-state index in [2.05, 4.69) is 6.58 Å². The van der Waals surface area contributed by atoms with Crippen molar-refractivity contribution >= 4 is 12.2 Å². The van der Waals surface area contributed by atoms with E-state index in [1.54, 1.807) is 52.1 Å². The molecule has 2 atom stereocenters. The van der Waals surface area contributed by atoms with Gasteiger partial charge in [-0.25, -0.2) is 14.5 Å². The molecule has 0 N–H and O–H groups in total. The van der Waals surface area contributed by atoms with Crippen molar-refractivity contribution in [3.8, 4) is 5.75 Å². The molecule has 0 aliphatic carbocycles. The number of cyclic esters (lactones) is 1. The van der Waals surface area contributed by atoms with E-state index in [9.17, 15) is 9.59 Å². The Balaban J connectivity index is 2.35. The summed E-state index contributed by atoms with van der Waals surface area (Å²) in [6, 6.07) is 6.44. The van der Waals surface area contributed by atoms with Crippen LogP contribution in [-0.2, 0) is 9.47 Å². The average molecular weight is 319 g/mol. The first-order valence-corrected chi connectivity index (χ1v) is 7.26. The molecule has 1 heterocycles. The molecule has 23 heavy (non-hydrogen) atoms. The molecule has 0 spiro atoms. The largest absolute Gasteiger partial charge is 0.497 e. The normalized spacial score (nSPS) is 20.9. The third-order valence-electron chi connectivity index (χ3n) is 3.30. The molecule has 1 fully saturated rings. The Bertz CT molecular complexity index is 602. The van der Waals surface area contributed by atoms with E-state index in [-0.39, 0.29) is 0 Å². The lowest BCUT2D eigenvalue weighted by Crippen LogP contribution is -2.39. The van der Waals surface area contributed by atoms with Gasteiger partial charge in [-0.2, -0.15) is 0 Å². The standard InChI is InChI=1S/C17H21NO5/c1-6-13-14(11-7-9-12(21-5)10-8-11)18(15(19)22-13)16(20)23-17(2,3)4/h6-10,13-14H,1H2,2-5H3/t13-,14-/m0/s1. The van der Waals surface area contributed by atoms with Crippen molar-refractivity contribution in [2.45, 2.75) is 38.5 Å². The van der Waals surface area contributed by atoms with E-state index < -0.39 is 29.9 Å². The number of amides is 2. The fraction of sp³-hybridized carbons (Fsp3) is 0.412. The molecule has 0 bridgehead atoms. The second kappa shape index (κ2) is 6.32. The Morgan fingerprint density at radius 3 is 2.39 bits per heavy atom. The summed E-state index contributed by atoms with van der Waals surface area (Å²) in [6.07, 6.45) is -0.627. The van der Waals surface area contributed by atoms with Crippen molar-refractivity contribution in [2.75, 3.05) is 7.11 Å². The molecule has 1 aliphatic rings. The van der Waals surface area contributed by atoms with Crippen LogP contribution >= 0.6 is 0 Å². The number of imide groups is 1. The van der Waals surface area contributed by atoms with Crippen LogP contribution in [0.15, 0.2) is 36.9 Å². The highest BCUT2D eigenvalue weighted by molar-refractivity contribution is 5.90. The molecule has 0 saturated carbocycles. The molecule has 6 nitrogen and oxygen atoms in total. The van der Waals surface area contributed by atoms with Crippen molar-refractivity contribution < 1.29 is 23.8 Å². The van der Waals surface area contributed by atoms with Gasteiger partial charge in [-0.3, -0.25) is 0 Å². The van der Waals surface area contributed by atoms with E-state index in [0.29, 0.717) is 5.75 Å². The first-order valence-electron chi connectivity index (χ1n) is 7.26. The van der Waals surface area contributed by atoms with Crippen LogP contribution in [0.25, 0.3) is 0 Å². The number of benzene rings is 1. The van der Waals surface area contributed by atoms with Gasteiger partial charge in [0.15, 0.2) is 0 Å². The molecule has 2 rings (SSSR count). The van der Waals surface area contributed by atoms with Crippen LogP contribution in [0.2, 0.25) is 0 Å². The van der Waals surface area contributed by atoms with E-state index in [4.69, 9.17) is 14.2 Å². The average Bonchev–Trinajstić information content (AvgIpc) is 2.82. The van der Waals surface area contributed by atoms with Gasteiger partial charge in [0, 0.05) is 0 Å². The molecule has 2 amide bonds. The van der Waals surface area contributed by atoms with Gasteiger partial charge in [0.1, 0.15) is 23.5 Å². The second-order valence-electron chi connectivity index (χ2n) is 6.15. The Morgan fingerprint density at radius 1 is 1.30 bits per heavy atom. The summed E-state index contributed by atoms with van der Waals surface area (Å²) in [5.41, 5.74) is 0.0149. The quantitative estimate of drug-likeness (QED) is 0.795. The van der Waals surface area contributed by atoms with Gasteiger partial charge in [-0.05, 0) is 44.5 Å². The first kappa shape index (κ1) is 16.9. The van der Waals surface area contributed by atoms with Crippen LogP contribution < -0.4 is 4.74 Å². The number of nitrogens with zero attached hydrogens (tertiary/aromatic N) is 1. The van der Waals surface area contributed by atoms with Crippen LogP contribution in [-0.4, -0.2) is 35.9 Å². The lowest BCUT2D eigenvalue weighted by molar-refractivity contribution is 0.0288. The minimum absolute atomic E-state index is 0.624. The highest BCUT2D eigenvalue weighted by atomic mass is 16.6. The number of carbonyl (C=O) groups is 2. The molecule has 124 valence electrons. The van der Waals surface area contributed by atoms with Crippen LogP contribution in [0.5, 0.6) is 5.75 Å². The van der Waals surface area contributed by atoms with E-state index >= 15 is 0 Å². The minimum atomic E-state index is -0.745. The Kier molecular flexibility index (Phi) is 4.63. The molecule has 1 saturated heterocycles. The van der Waals surface area contributed by atoms with Gasteiger partial charge >= 0.3 is 12.2 Å². The maximum absolute atomic E-state index is 12.4. The van der Waals surface area contributed by atoms with Gasteiger partial charge in [0.2, 0.25) is 0 Å². The summed E-state index contributed by atoms with van der Waals surface area (Å²) in [6.45, 7) is 8.88. The van der Waals surface area contributed by atoms with Gasteiger partial charge in [0.05, 0.1) is 7.11 Å². The number of hydrogen-bond acceptors (Lipinski definition) is 5. The van der Waals surface area contributed by atoms with Crippen molar-refractivity contribution in [1.29, 1.82) is 0 Å². The topological polar surface area (TPSA) is 65.1 Å². The summed E-state index contributed by atoms with van der Waals surface area (Å²) >= 11 is 0. The smallest absolute Gasteiger partial charge is 0.420 e. The number of methoxy groups -OCH3 is 1. The Hall–Kier alpha value is -2.50. The Morgan fingerprint density at radius 2 is 1.91 bits per heavy atom. The van der Waals surface area contributed by atoms with Gasteiger partial charge in [-0.15, -0.1) is 0 Å². The van der Waals surface area contributed by atoms with Crippen LogP contribution in [0.1, 0.15) is 32.4 Å². The zero-order chi connectivity index (χ0) is 17.2. The predicted molar refractivity (Wildman–Crippen MR) is 84.3 cm³/mol. The summed E-state index contributed by atoms with van der Waals surface area (Å²) in [7, 11) is 1.57. The molecule has 0 unspecified atom stereocenters. The van der Waals surface area contributed by atoms with E-state index in [1.165, 1.54) is 6.08 Å². The molecule has 1 aromatic rings. The third kappa shape index (κ3) is 3.64. The SMILES string of the molecule is C=C[C@@H]1OC(=O)N(C(=O)OC(C)(C)C)[C@H]1c1ccc(OC)cc1. The maximum Gasteiger partial charge on any atom is 0.420 e. The van der Waals surface area contributed by atoms with Crippen LogP contribution in [0, 0.1) is 0 Å². The highest BCUT2D eigenvalue weighted by Crippen LogP contribution is 2.35. The molecule has 0 radical (unpaired) electrons. The van der Waals surface area contributed by atoms with Crippen LogP contribution in [0.4, 0.5) is 9.59 Å². The summed E-state index contributed by atoms with van der Waals surface area (Å²) in [4.78, 5) is 25.5. The lowest BCUT2D eigenvalue weighted by atomic mass is 10.0. The summed E-state index contributed by atoms with van der Waals surface area (Å²) < 4.78 is 15.7. The second-order valence-corrected chi connectivity index (χ2v) is 6.15. The first-order chi connectivity index (χ1) is 10.8. The monoisotopic (exact) mass is 319 g/mol. The fourth-order valence-corrected chi connectivity index (χ4v) is 2.31. The molecule has 1 aromatic carbocycles. The van der Waals surface area contributed by atoms with E-state index in [1.807, 2.05) is 0 Å². The lowest BCUT2D eigenvalue weighted by Gasteiger charge is -2.26. The summed E-state index contributed by atoms with van der Waals surface area (Å²) in [5.74, 6) is 0.679. The summed E-state index contributed by atoms with van der Waals surface area (Å²) in [5, 5.41) is 0. The van der Waals surface area contributed by atoms with Gasteiger partial charge < -0.3 is 14.2 Å². The van der Waals surface area contributed by atoms with Crippen molar-refractivity contribution in [2.24, 2.45) is 0 Å².